The van der Waals surface area contributed by atoms with E-state index in [9.17, 15) is 4.79 Å². The van der Waals surface area contributed by atoms with Crippen LogP contribution in [-0.4, -0.2) is 58.3 Å². The van der Waals surface area contributed by atoms with Gasteiger partial charge in [-0.2, -0.15) is 0 Å². The predicted molar refractivity (Wildman–Crippen MR) is 118 cm³/mol. The molecule has 162 valence electrons. The molecule has 9 nitrogen and oxygen atoms in total. The van der Waals surface area contributed by atoms with Gasteiger partial charge in [0.2, 0.25) is 18.4 Å². The summed E-state index contributed by atoms with van der Waals surface area (Å²) < 4.78 is 16.5. The van der Waals surface area contributed by atoms with Crippen molar-refractivity contribution in [2.24, 2.45) is 0 Å². The van der Waals surface area contributed by atoms with Gasteiger partial charge >= 0.3 is 0 Å². The van der Waals surface area contributed by atoms with Crippen molar-refractivity contribution in [3.63, 3.8) is 0 Å². The quantitative estimate of drug-likeness (QED) is 0.472. The lowest BCUT2D eigenvalue weighted by atomic mass is 10.2. The molecule has 2 aliphatic rings. The zero-order valence-corrected chi connectivity index (χ0v) is 17.3. The molecular formula is C23H21N5O4. The number of carbonyl (C=O) groups is 1. The van der Waals surface area contributed by atoms with E-state index in [4.69, 9.17) is 14.2 Å². The highest BCUT2D eigenvalue weighted by molar-refractivity contribution is 5.89. The number of likely N-dealkylation sites (tertiary alicyclic amines) is 1. The molecule has 1 atom stereocenters. The number of rotatable bonds is 5. The van der Waals surface area contributed by atoms with Gasteiger partial charge < -0.3 is 29.4 Å². The topological polar surface area (TPSA) is 102 Å². The molecular weight excluding hydrogens is 410 g/mol. The van der Waals surface area contributed by atoms with Crippen molar-refractivity contribution in [3.8, 4) is 29.1 Å². The number of amides is 1. The summed E-state index contributed by atoms with van der Waals surface area (Å²) >= 11 is 0. The Morgan fingerprint density at radius 1 is 1.41 bits per heavy atom. The van der Waals surface area contributed by atoms with Crippen LogP contribution in [0.25, 0.3) is 11.0 Å². The van der Waals surface area contributed by atoms with Crippen LogP contribution in [0.2, 0.25) is 0 Å². The van der Waals surface area contributed by atoms with Crippen LogP contribution in [0.4, 0.5) is 5.82 Å². The second kappa shape index (κ2) is 8.51. The second-order valence-electron chi connectivity index (χ2n) is 7.37. The second-order valence-corrected chi connectivity index (χ2v) is 7.37. The zero-order valence-electron chi connectivity index (χ0n) is 17.3. The summed E-state index contributed by atoms with van der Waals surface area (Å²) in [6.07, 6.45) is 3.69. The number of hydrogen-bond donors (Lipinski definition) is 2. The maximum absolute atomic E-state index is 11.8. The first kappa shape index (κ1) is 19.8. The Morgan fingerprint density at radius 2 is 2.34 bits per heavy atom. The number of H-pyrrole nitrogens is 1. The SMILES string of the molecule is C=CC(=O)N1CCC(Nc2ncnc3[nH]c(C#CCOc4cccc5c4OCO5)cc23)C1. The fraction of sp³-hybridized carbons (Fsp3) is 0.261. The number of nitrogens with one attached hydrogen (secondary N) is 2. The molecule has 0 bridgehead atoms. The number of nitrogens with zero attached hydrogens (tertiary/aromatic N) is 3. The lowest BCUT2D eigenvalue weighted by Crippen LogP contribution is -2.30. The van der Waals surface area contributed by atoms with Gasteiger partial charge in [0.05, 0.1) is 11.1 Å². The fourth-order valence-corrected chi connectivity index (χ4v) is 3.79. The van der Waals surface area contributed by atoms with Crippen LogP contribution in [0.15, 0.2) is 43.2 Å². The number of aromatic amines is 1. The lowest BCUT2D eigenvalue weighted by molar-refractivity contribution is -0.125. The molecule has 3 aromatic rings. The molecule has 1 saturated heterocycles. The summed E-state index contributed by atoms with van der Waals surface area (Å²) in [4.78, 5) is 25.5. The third-order valence-corrected chi connectivity index (χ3v) is 5.32. The largest absolute Gasteiger partial charge is 0.477 e. The Bertz CT molecular complexity index is 1240. The van der Waals surface area contributed by atoms with Crippen LogP contribution in [0, 0.1) is 11.8 Å². The first-order valence-corrected chi connectivity index (χ1v) is 10.2. The smallest absolute Gasteiger partial charge is 0.246 e. The van der Waals surface area contributed by atoms with E-state index in [1.165, 1.54) is 12.4 Å². The van der Waals surface area contributed by atoms with Crippen molar-refractivity contribution in [2.45, 2.75) is 12.5 Å². The van der Waals surface area contributed by atoms with Gasteiger partial charge in [0.25, 0.3) is 0 Å². The van der Waals surface area contributed by atoms with Crippen molar-refractivity contribution >= 4 is 22.8 Å². The molecule has 2 aromatic heterocycles. The highest BCUT2D eigenvalue weighted by atomic mass is 16.7. The molecule has 9 heteroatoms. The molecule has 0 saturated carbocycles. The number of carbonyl (C=O) groups excluding carboxylic acids is 1. The summed E-state index contributed by atoms with van der Waals surface area (Å²) in [5, 5.41) is 4.27. The summed E-state index contributed by atoms with van der Waals surface area (Å²) in [7, 11) is 0. The van der Waals surface area contributed by atoms with E-state index in [1.807, 2.05) is 24.3 Å². The zero-order chi connectivity index (χ0) is 21.9. The highest BCUT2D eigenvalue weighted by Gasteiger charge is 2.25. The average molecular weight is 431 g/mol. The molecule has 2 N–H and O–H groups in total. The van der Waals surface area contributed by atoms with Crippen molar-refractivity contribution in [2.75, 3.05) is 31.8 Å². The van der Waals surface area contributed by atoms with Gasteiger partial charge in [-0.1, -0.05) is 18.6 Å². The van der Waals surface area contributed by atoms with Gasteiger partial charge in [-0.3, -0.25) is 4.79 Å². The summed E-state index contributed by atoms with van der Waals surface area (Å²) in [5.41, 5.74) is 1.40. The standard InChI is InChI=1S/C23H21N5O4/c1-2-20(29)28-9-8-16(12-28)27-23-17-11-15(26-22(17)24-13-25-23)5-4-10-30-18-6-3-7-19-21(18)32-14-31-19/h2-3,6-7,11,13,16H,1,8-10,12,14H2,(H2,24,25,26,27). The summed E-state index contributed by atoms with van der Waals surface area (Å²) in [6, 6.07) is 7.52. The van der Waals surface area contributed by atoms with Crippen LogP contribution in [-0.2, 0) is 4.79 Å². The van der Waals surface area contributed by atoms with Crippen LogP contribution in [0.5, 0.6) is 17.2 Å². The Kier molecular flexibility index (Phi) is 5.25. The molecule has 0 radical (unpaired) electrons. The minimum absolute atomic E-state index is 0.0527. The molecule has 32 heavy (non-hydrogen) atoms. The Hall–Kier alpha value is -4.19. The minimum atomic E-state index is -0.0527. The predicted octanol–water partition coefficient (Wildman–Crippen LogP) is 2.32. The molecule has 0 aliphatic carbocycles. The Labute approximate surface area is 184 Å². The van der Waals surface area contributed by atoms with Gasteiger partial charge in [-0.25, -0.2) is 9.97 Å². The first-order chi connectivity index (χ1) is 15.7. The molecule has 4 heterocycles. The minimum Gasteiger partial charge on any atom is -0.477 e. The van der Waals surface area contributed by atoms with Gasteiger partial charge in [0.1, 0.15) is 24.4 Å². The van der Waals surface area contributed by atoms with Crippen molar-refractivity contribution < 1.29 is 19.0 Å². The van der Waals surface area contributed by atoms with Crippen molar-refractivity contribution in [1.82, 2.24) is 19.9 Å². The molecule has 1 amide bonds. The molecule has 1 fully saturated rings. The van der Waals surface area contributed by atoms with E-state index >= 15 is 0 Å². The van der Waals surface area contributed by atoms with Gasteiger partial charge in [-0.05, 0) is 36.6 Å². The molecule has 0 spiro atoms. The number of aromatic nitrogens is 3. The van der Waals surface area contributed by atoms with E-state index in [1.54, 1.807) is 4.90 Å². The molecule has 2 aliphatic heterocycles. The van der Waals surface area contributed by atoms with Crippen molar-refractivity contribution in [3.05, 3.63) is 48.9 Å². The third-order valence-electron chi connectivity index (χ3n) is 5.32. The van der Waals surface area contributed by atoms with Gasteiger partial charge in [0, 0.05) is 19.1 Å². The van der Waals surface area contributed by atoms with Gasteiger partial charge in [0.15, 0.2) is 11.5 Å². The lowest BCUT2D eigenvalue weighted by Gasteiger charge is -2.15. The van der Waals surface area contributed by atoms with Gasteiger partial charge in [-0.15, -0.1) is 0 Å². The number of hydrogen-bond acceptors (Lipinski definition) is 7. The van der Waals surface area contributed by atoms with Crippen LogP contribution < -0.4 is 19.5 Å². The molecule has 1 unspecified atom stereocenters. The van der Waals surface area contributed by atoms with E-state index in [0.29, 0.717) is 47.5 Å². The number of benzene rings is 1. The normalized spacial score (nSPS) is 16.5. The number of para-hydroxylation sites is 1. The Balaban J connectivity index is 1.26. The van der Waals surface area contributed by atoms with E-state index in [-0.39, 0.29) is 25.3 Å². The molecule has 1 aromatic carbocycles. The molecule has 5 rings (SSSR count). The first-order valence-electron chi connectivity index (χ1n) is 10.2. The maximum Gasteiger partial charge on any atom is 0.246 e. The average Bonchev–Trinajstić information content (AvgIpc) is 3.55. The van der Waals surface area contributed by atoms with Crippen LogP contribution in [0.3, 0.4) is 0 Å². The van der Waals surface area contributed by atoms with E-state index < -0.39 is 0 Å². The third kappa shape index (κ3) is 3.90. The summed E-state index contributed by atoms with van der Waals surface area (Å²) in [5.74, 6) is 8.59. The number of fused-ring (bicyclic) bond motifs is 2. The number of ether oxygens (including phenoxy) is 3. The number of anilines is 1. The fourth-order valence-electron chi connectivity index (χ4n) is 3.79. The highest BCUT2D eigenvalue weighted by Crippen LogP contribution is 2.40. The summed E-state index contributed by atoms with van der Waals surface area (Å²) in [6.45, 7) is 5.25. The van der Waals surface area contributed by atoms with E-state index in [0.717, 1.165) is 11.8 Å². The maximum atomic E-state index is 11.8. The van der Waals surface area contributed by atoms with Crippen molar-refractivity contribution in [1.29, 1.82) is 0 Å². The van der Waals surface area contributed by atoms with Crippen LogP contribution >= 0.6 is 0 Å². The van der Waals surface area contributed by atoms with E-state index in [2.05, 4.69) is 38.7 Å². The monoisotopic (exact) mass is 431 g/mol. The van der Waals surface area contributed by atoms with Crippen LogP contribution in [0.1, 0.15) is 12.1 Å². The Morgan fingerprint density at radius 3 is 3.25 bits per heavy atom.